The monoisotopic (exact) mass is 622 g/mol. The van der Waals surface area contributed by atoms with Gasteiger partial charge in [-0.2, -0.15) is 10.2 Å². The molecule has 1 N–H and O–H groups in total. The van der Waals surface area contributed by atoms with Gasteiger partial charge in [0.1, 0.15) is 11.6 Å². The Morgan fingerprint density at radius 3 is 2.53 bits per heavy atom. The third-order valence-electron chi connectivity index (χ3n) is 9.40. The lowest BCUT2D eigenvalue weighted by molar-refractivity contribution is 0.407. The largest absolute Gasteiger partial charge is 0.361 e. The van der Waals surface area contributed by atoms with Crippen molar-refractivity contribution in [2.75, 3.05) is 0 Å². The molecular formula is C36H36F2N6S. The van der Waals surface area contributed by atoms with E-state index in [1.165, 1.54) is 23.9 Å². The number of aromatic nitrogens is 6. The summed E-state index contributed by atoms with van der Waals surface area (Å²) in [4.78, 5) is 9.35. The summed E-state index contributed by atoms with van der Waals surface area (Å²) in [5.41, 5.74) is 3.60. The number of H-pyrrole nitrogens is 1. The van der Waals surface area contributed by atoms with Crippen LogP contribution < -0.4 is 0 Å². The molecule has 3 aromatic carbocycles. The maximum atomic E-state index is 15.8. The zero-order chi connectivity index (χ0) is 31.3. The highest BCUT2D eigenvalue weighted by molar-refractivity contribution is 7.99. The van der Waals surface area contributed by atoms with Crippen LogP contribution in [0.3, 0.4) is 0 Å². The molecule has 1 unspecified atom stereocenters. The zero-order valence-electron chi connectivity index (χ0n) is 25.9. The second-order valence-electron chi connectivity index (χ2n) is 12.9. The quantitative estimate of drug-likeness (QED) is 0.199. The number of benzene rings is 3. The van der Waals surface area contributed by atoms with Crippen LogP contribution in [-0.4, -0.2) is 29.5 Å². The van der Waals surface area contributed by atoms with Crippen molar-refractivity contribution in [1.82, 2.24) is 29.5 Å². The minimum atomic E-state index is -0.470. The first-order chi connectivity index (χ1) is 21.6. The van der Waals surface area contributed by atoms with Crippen LogP contribution in [0.4, 0.5) is 8.78 Å². The average molecular weight is 623 g/mol. The van der Waals surface area contributed by atoms with E-state index in [1.54, 1.807) is 23.9 Å². The lowest BCUT2D eigenvalue weighted by Gasteiger charge is -2.29. The molecule has 1 aliphatic heterocycles. The van der Waals surface area contributed by atoms with E-state index in [0.717, 1.165) is 53.3 Å². The summed E-state index contributed by atoms with van der Waals surface area (Å²) in [6.45, 7) is 7.10. The summed E-state index contributed by atoms with van der Waals surface area (Å²) in [5.74, 6) is 0.362. The Kier molecular flexibility index (Phi) is 7.39. The molecule has 0 saturated carbocycles. The smallest absolute Gasteiger partial charge is 0.161 e. The van der Waals surface area contributed by atoms with Gasteiger partial charge >= 0.3 is 0 Å². The van der Waals surface area contributed by atoms with Crippen molar-refractivity contribution in [2.24, 2.45) is 7.05 Å². The van der Waals surface area contributed by atoms with Gasteiger partial charge in [0.2, 0.25) is 0 Å². The van der Waals surface area contributed by atoms with Gasteiger partial charge in [-0.15, -0.1) is 0 Å². The number of aryl methyl sites for hydroxylation is 1. The van der Waals surface area contributed by atoms with Gasteiger partial charge in [0.15, 0.2) is 11.6 Å². The van der Waals surface area contributed by atoms with Crippen LogP contribution in [0.2, 0.25) is 0 Å². The van der Waals surface area contributed by atoms with Crippen molar-refractivity contribution in [3.8, 4) is 11.4 Å². The van der Waals surface area contributed by atoms with Gasteiger partial charge in [-0.3, -0.25) is 4.68 Å². The second kappa shape index (κ2) is 11.3. The summed E-state index contributed by atoms with van der Waals surface area (Å²) in [7, 11) is 1.81. The Morgan fingerprint density at radius 1 is 0.911 bits per heavy atom. The van der Waals surface area contributed by atoms with E-state index in [9.17, 15) is 0 Å². The summed E-state index contributed by atoms with van der Waals surface area (Å²) >= 11 is 1.29. The van der Waals surface area contributed by atoms with Gasteiger partial charge in [0, 0.05) is 35.2 Å². The molecule has 230 valence electrons. The minimum absolute atomic E-state index is 0.0969. The van der Waals surface area contributed by atoms with E-state index in [-0.39, 0.29) is 11.2 Å². The number of nitrogens with zero attached hydrogens (tertiary/aromatic N) is 5. The van der Waals surface area contributed by atoms with E-state index in [2.05, 4.69) is 44.1 Å². The molecular weight excluding hydrogens is 587 g/mol. The first kappa shape index (κ1) is 29.5. The molecule has 6 bridgehead atoms. The van der Waals surface area contributed by atoms with Crippen molar-refractivity contribution < 1.29 is 8.78 Å². The van der Waals surface area contributed by atoms with Crippen LogP contribution in [0.15, 0.2) is 89.0 Å². The molecule has 9 heteroatoms. The van der Waals surface area contributed by atoms with Crippen molar-refractivity contribution in [3.63, 3.8) is 0 Å². The zero-order valence-corrected chi connectivity index (χ0v) is 26.8. The fourth-order valence-corrected chi connectivity index (χ4v) is 7.55. The third kappa shape index (κ3) is 5.37. The summed E-state index contributed by atoms with van der Waals surface area (Å²) in [6.07, 6.45) is 9.65. The van der Waals surface area contributed by atoms with Gasteiger partial charge in [-0.25, -0.2) is 18.4 Å². The van der Waals surface area contributed by atoms with Crippen LogP contribution in [0.5, 0.6) is 0 Å². The topological polar surface area (TPSA) is 64.3 Å². The van der Waals surface area contributed by atoms with Gasteiger partial charge in [0.05, 0.1) is 28.6 Å². The van der Waals surface area contributed by atoms with Crippen LogP contribution in [0.1, 0.15) is 69.0 Å². The van der Waals surface area contributed by atoms with Gasteiger partial charge < -0.3 is 4.98 Å². The van der Waals surface area contributed by atoms with E-state index >= 15 is 8.78 Å². The molecule has 3 aromatic heterocycles. The molecule has 1 atom stereocenters. The van der Waals surface area contributed by atoms with E-state index in [1.807, 2.05) is 41.3 Å². The number of halogens is 2. The SMILES string of the molecule is Cn1nc2nc1-c1cc(ccc1F)Sc1c(F)cc3[nH]ccc3c1Cn1cc(cn1)C(C)(C)CCCCC2(C)c1ccccc1. The normalized spacial score (nSPS) is 18.6. The summed E-state index contributed by atoms with van der Waals surface area (Å²) in [5, 5.41) is 10.5. The first-order valence-electron chi connectivity index (χ1n) is 15.4. The molecule has 6 nitrogen and oxygen atoms in total. The maximum Gasteiger partial charge on any atom is 0.161 e. The van der Waals surface area contributed by atoms with Crippen molar-refractivity contribution in [1.29, 1.82) is 0 Å². The fraction of sp³-hybridized carbons (Fsp3) is 0.306. The Labute approximate surface area is 265 Å². The molecule has 0 amide bonds. The molecule has 1 aliphatic rings. The van der Waals surface area contributed by atoms with E-state index < -0.39 is 11.2 Å². The Bertz CT molecular complexity index is 2010. The molecule has 7 rings (SSSR count). The number of hydrogen-bond donors (Lipinski definition) is 1. The van der Waals surface area contributed by atoms with Crippen LogP contribution in [-0.2, 0) is 24.4 Å². The Morgan fingerprint density at radius 2 is 1.71 bits per heavy atom. The average Bonchev–Trinajstić information content (AvgIpc) is 3.78. The van der Waals surface area contributed by atoms with Crippen molar-refractivity contribution in [2.45, 2.75) is 73.6 Å². The molecule has 0 spiro atoms. The third-order valence-corrected chi connectivity index (χ3v) is 10.5. The van der Waals surface area contributed by atoms with Gasteiger partial charge in [-0.1, -0.05) is 68.8 Å². The molecule has 4 heterocycles. The number of hydrogen-bond acceptors (Lipinski definition) is 4. The minimum Gasteiger partial charge on any atom is -0.361 e. The molecule has 45 heavy (non-hydrogen) atoms. The number of aromatic amines is 1. The summed E-state index contributed by atoms with van der Waals surface area (Å²) < 4.78 is 34.9. The Hall–Kier alpha value is -4.24. The van der Waals surface area contributed by atoms with Crippen molar-refractivity contribution >= 4 is 22.7 Å². The number of rotatable bonds is 1. The standard InChI is InChI=1S/C36H36F2N6S/c1-35(2)15-8-9-16-36(3,23-10-6-5-7-11-23)34-41-33(43(4)42-34)27-18-25(12-13-29(27)37)45-32-28(22-44-21-24(35)20-40-44)26-14-17-39-31(26)19-30(32)38/h5-7,10-14,17-21,39H,8-9,15-16,22H2,1-4H3. The summed E-state index contributed by atoms with van der Waals surface area (Å²) in [6, 6.07) is 18.7. The van der Waals surface area contributed by atoms with Gasteiger partial charge in [0.25, 0.3) is 0 Å². The predicted octanol–water partition coefficient (Wildman–Crippen LogP) is 8.80. The highest BCUT2D eigenvalue weighted by Gasteiger charge is 2.34. The Balaban J connectivity index is 1.40. The number of fused-ring (bicyclic) bond motifs is 10. The molecule has 6 aromatic rings. The van der Waals surface area contributed by atoms with Crippen LogP contribution in [0, 0.1) is 11.6 Å². The van der Waals surface area contributed by atoms with Gasteiger partial charge in [-0.05, 0) is 72.2 Å². The van der Waals surface area contributed by atoms with Crippen molar-refractivity contribution in [3.05, 3.63) is 113 Å². The maximum absolute atomic E-state index is 15.8. The van der Waals surface area contributed by atoms with E-state index in [4.69, 9.17) is 15.2 Å². The highest BCUT2D eigenvalue weighted by Crippen LogP contribution is 2.41. The fourth-order valence-electron chi connectivity index (χ4n) is 6.54. The highest BCUT2D eigenvalue weighted by atomic mass is 32.2. The second-order valence-corrected chi connectivity index (χ2v) is 14.0. The van der Waals surface area contributed by atoms with Crippen LogP contribution in [0.25, 0.3) is 22.3 Å². The molecule has 0 radical (unpaired) electrons. The number of nitrogens with one attached hydrogen (secondary N) is 1. The van der Waals surface area contributed by atoms with Crippen LogP contribution >= 0.6 is 11.8 Å². The first-order valence-corrected chi connectivity index (χ1v) is 16.2. The molecule has 0 aliphatic carbocycles. The molecule has 0 saturated heterocycles. The lowest BCUT2D eigenvalue weighted by Crippen LogP contribution is -2.26. The molecule has 0 fully saturated rings. The lowest BCUT2D eigenvalue weighted by atomic mass is 9.76. The van der Waals surface area contributed by atoms with E-state index in [0.29, 0.717) is 33.5 Å². The predicted molar refractivity (Wildman–Crippen MR) is 174 cm³/mol.